The Bertz CT molecular complexity index is 1100. The van der Waals surface area contributed by atoms with Crippen molar-refractivity contribution in [2.75, 3.05) is 11.9 Å². The smallest absolute Gasteiger partial charge is 0.339 e. The van der Waals surface area contributed by atoms with Gasteiger partial charge < -0.3 is 10.1 Å². The standard InChI is InChI=1S/C21H16ClFN2O3/c22-15-10-12(8-9-16(15)23)24-19(26)11-28-21(27)20-13-4-1-2-6-17(13)25-18-7-3-5-14(18)20/h1-2,4,6,8-10H,3,5,7,11H2,(H,24,26). The largest absolute Gasteiger partial charge is 0.452 e. The van der Waals surface area contributed by atoms with E-state index in [1.165, 1.54) is 12.1 Å². The van der Waals surface area contributed by atoms with Gasteiger partial charge in [0.15, 0.2) is 6.61 Å². The average Bonchev–Trinajstić information content (AvgIpc) is 3.15. The lowest BCUT2D eigenvalue weighted by molar-refractivity contribution is -0.119. The van der Waals surface area contributed by atoms with Crippen molar-refractivity contribution in [2.45, 2.75) is 19.3 Å². The van der Waals surface area contributed by atoms with Crippen molar-refractivity contribution < 1.29 is 18.7 Å². The maximum absolute atomic E-state index is 13.2. The number of para-hydroxylation sites is 1. The number of carbonyl (C=O) groups excluding carboxylic acids is 2. The first kappa shape index (κ1) is 18.4. The number of nitrogens with one attached hydrogen (secondary N) is 1. The molecule has 5 nitrogen and oxygen atoms in total. The molecule has 0 spiro atoms. The Balaban J connectivity index is 1.51. The second kappa shape index (κ2) is 7.56. The number of hydrogen-bond acceptors (Lipinski definition) is 4. The summed E-state index contributed by atoms with van der Waals surface area (Å²) < 4.78 is 18.5. The predicted octanol–water partition coefficient (Wildman–Crippen LogP) is 4.31. The number of amides is 1. The summed E-state index contributed by atoms with van der Waals surface area (Å²) in [7, 11) is 0. The molecule has 1 amide bonds. The number of pyridine rings is 1. The molecule has 0 fully saturated rings. The third-order valence-electron chi connectivity index (χ3n) is 4.66. The van der Waals surface area contributed by atoms with Gasteiger partial charge in [-0.25, -0.2) is 9.18 Å². The van der Waals surface area contributed by atoms with E-state index >= 15 is 0 Å². The molecular formula is C21H16ClFN2O3. The van der Waals surface area contributed by atoms with Crippen LogP contribution in [0.1, 0.15) is 28.0 Å². The summed E-state index contributed by atoms with van der Waals surface area (Å²) in [5, 5.41) is 3.14. The van der Waals surface area contributed by atoms with E-state index in [1.54, 1.807) is 0 Å². The number of anilines is 1. The number of carbonyl (C=O) groups is 2. The van der Waals surface area contributed by atoms with Crippen molar-refractivity contribution in [1.82, 2.24) is 4.98 Å². The summed E-state index contributed by atoms with van der Waals surface area (Å²) in [5.41, 5.74) is 3.35. The van der Waals surface area contributed by atoms with Crippen LogP contribution >= 0.6 is 11.6 Å². The van der Waals surface area contributed by atoms with Gasteiger partial charge in [0.05, 0.1) is 16.1 Å². The molecule has 3 aromatic rings. The molecule has 0 atom stereocenters. The Kier molecular flexibility index (Phi) is 4.96. The summed E-state index contributed by atoms with van der Waals surface area (Å²) >= 11 is 5.70. The van der Waals surface area contributed by atoms with Crippen LogP contribution in [0.25, 0.3) is 10.9 Å². The van der Waals surface area contributed by atoms with Gasteiger partial charge in [-0.2, -0.15) is 0 Å². The molecule has 0 unspecified atom stereocenters. The molecule has 2 aromatic carbocycles. The van der Waals surface area contributed by atoms with E-state index in [-0.39, 0.29) is 5.02 Å². The van der Waals surface area contributed by atoms with Gasteiger partial charge in [-0.05, 0) is 49.1 Å². The predicted molar refractivity (Wildman–Crippen MR) is 104 cm³/mol. The SMILES string of the molecule is O=C(COC(=O)c1c2c(nc3ccccc13)CCC2)Nc1ccc(F)c(Cl)c1. The lowest BCUT2D eigenvalue weighted by Gasteiger charge is -2.12. The molecule has 0 radical (unpaired) electrons. The molecule has 142 valence electrons. The van der Waals surface area contributed by atoms with Gasteiger partial charge in [0.2, 0.25) is 0 Å². The van der Waals surface area contributed by atoms with Crippen LogP contribution in [-0.4, -0.2) is 23.5 Å². The van der Waals surface area contributed by atoms with E-state index in [9.17, 15) is 14.0 Å². The van der Waals surface area contributed by atoms with Crippen LogP contribution in [0.3, 0.4) is 0 Å². The number of fused-ring (bicyclic) bond motifs is 2. The number of hydrogen-bond donors (Lipinski definition) is 1. The number of aromatic nitrogens is 1. The highest BCUT2D eigenvalue weighted by Crippen LogP contribution is 2.30. The fraction of sp³-hybridized carbons (Fsp3) is 0.190. The maximum Gasteiger partial charge on any atom is 0.339 e. The van der Waals surface area contributed by atoms with Crippen molar-refractivity contribution in [1.29, 1.82) is 0 Å². The highest BCUT2D eigenvalue weighted by Gasteiger charge is 2.25. The Morgan fingerprint density at radius 1 is 1.18 bits per heavy atom. The zero-order valence-corrected chi connectivity index (χ0v) is 15.6. The molecule has 1 aromatic heterocycles. The minimum atomic E-state index is -0.579. The van der Waals surface area contributed by atoms with E-state index in [0.717, 1.165) is 47.5 Å². The molecule has 1 aliphatic rings. The number of benzene rings is 2. The second-order valence-corrected chi connectivity index (χ2v) is 6.94. The lowest BCUT2D eigenvalue weighted by Crippen LogP contribution is -2.21. The summed E-state index contributed by atoms with van der Waals surface area (Å²) in [5.74, 6) is -1.67. The molecule has 7 heteroatoms. The highest BCUT2D eigenvalue weighted by atomic mass is 35.5. The van der Waals surface area contributed by atoms with E-state index in [4.69, 9.17) is 16.3 Å². The van der Waals surface area contributed by atoms with Crippen molar-refractivity contribution in [2.24, 2.45) is 0 Å². The number of halogens is 2. The third-order valence-corrected chi connectivity index (χ3v) is 4.95. The zero-order valence-electron chi connectivity index (χ0n) is 14.8. The number of nitrogens with zero attached hydrogens (tertiary/aromatic N) is 1. The number of esters is 1. The number of ether oxygens (including phenoxy) is 1. The fourth-order valence-electron chi connectivity index (χ4n) is 3.42. The molecule has 1 N–H and O–H groups in total. The molecule has 1 aliphatic carbocycles. The molecule has 0 aliphatic heterocycles. The molecule has 0 bridgehead atoms. The van der Waals surface area contributed by atoms with Crippen LogP contribution < -0.4 is 5.32 Å². The molecule has 4 rings (SSSR count). The average molecular weight is 399 g/mol. The Labute approximate surface area is 165 Å². The Morgan fingerprint density at radius 3 is 2.82 bits per heavy atom. The van der Waals surface area contributed by atoms with Crippen LogP contribution in [-0.2, 0) is 22.4 Å². The van der Waals surface area contributed by atoms with Crippen molar-refractivity contribution in [3.63, 3.8) is 0 Å². The van der Waals surface area contributed by atoms with Crippen molar-refractivity contribution >= 4 is 40.1 Å². The fourth-order valence-corrected chi connectivity index (χ4v) is 3.60. The van der Waals surface area contributed by atoms with Crippen LogP contribution in [0.5, 0.6) is 0 Å². The summed E-state index contributed by atoms with van der Waals surface area (Å²) in [6.07, 6.45) is 2.52. The van der Waals surface area contributed by atoms with E-state index in [2.05, 4.69) is 10.3 Å². The first-order valence-corrected chi connectivity index (χ1v) is 9.23. The van der Waals surface area contributed by atoms with Crippen LogP contribution in [0, 0.1) is 5.82 Å². The van der Waals surface area contributed by atoms with Crippen LogP contribution in [0.4, 0.5) is 10.1 Å². The van der Waals surface area contributed by atoms with E-state index in [0.29, 0.717) is 11.3 Å². The Morgan fingerprint density at radius 2 is 2.00 bits per heavy atom. The molecule has 28 heavy (non-hydrogen) atoms. The zero-order chi connectivity index (χ0) is 19.7. The summed E-state index contributed by atoms with van der Waals surface area (Å²) in [6.45, 7) is -0.459. The van der Waals surface area contributed by atoms with Gasteiger partial charge in [0.25, 0.3) is 5.91 Å². The molecule has 1 heterocycles. The minimum Gasteiger partial charge on any atom is -0.452 e. The molecular weight excluding hydrogens is 383 g/mol. The van der Waals surface area contributed by atoms with Gasteiger partial charge in [0.1, 0.15) is 5.82 Å². The van der Waals surface area contributed by atoms with Gasteiger partial charge in [0, 0.05) is 16.8 Å². The van der Waals surface area contributed by atoms with Crippen molar-refractivity contribution in [3.05, 3.63) is 70.1 Å². The first-order valence-electron chi connectivity index (χ1n) is 8.85. The van der Waals surface area contributed by atoms with Gasteiger partial charge in [-0.1, -0.05) is 29.8 Å². The lowest BCUT2D eigenvalue weighted by atomic mass is 10.0. The second-order valence-electron chi connectivity index (χ2n) is 6.54. The number of rotatable bonds is 4. The number of aryl methyl sites for hydroxylation is 1. The maximum atomic E-state index is 13.2. The summed E-state index contributed by atoms with van der Waals surface area (Å²) in [6, 6.07) is 11.2. The first-order chi connectivity index (χ1) is 13.5. The van der Waals surface area contributed by atoms with Crippen LogP contribution in [0.15, 0.2) is 42.5 Å². The highest BCUT2D eigenvalue weighted by molar-refractivity contribution is 6.31. The topological polar surface area (TPSA) is 68.3 Å². The Hall–Kier alpha value is -2.99. The normalized spacial score (nSPS) is 12.6. The van der Waals surface area contributed by atoms with Crippen molar-refractivity contribution in [3.8, 4) is 0 Å². The monoisotopic (exact) mass is 398 g/mol. The van der Waals surface area contributed by atoms with Gasteiger partial charge >= 0.3 is 5.97 Å². The van der Waals surface area contributed by atoms with E-state index < -0.39 is 24.3 Å². The van der Waals surface area contributed by atoms with E-state index in [1.807, 2.05) is 24.3 Å². The van der Waals surface area contributed by atoms with Crippen LogP contribution in [0.2, 0.25) is 5.02 Å². The van der Waals surface area contributed by atoms with Gasteiger partial charge in [-0.15, -0.1) is 0 Å². The molecule has 0 saturated heterocycles. The summed E-state index contributed by atoms with van der Waals surface area (Å²) in [4.78, 5) is 29.5. The quantitative estimate of drug-likeness (QED) is 0.665. The van der Waals surface area contributed by atoms with Gasteiger partial charge in [-0.3, -0.25) is 9.78 Å². The third kappa shape index (κ3) is 3.55. The molecule has 0 saturated carbocycles. The minimum absolute atomic E-state index is 0.103.